The normalized spacial score (nSPS) is 10.3. The number of carbonyl (C=O) groups excluding carboxylic acids is 1. The second kappa shape index (κ2) is 6.68. The highest BCUT2D eigenvalue weighted by molar-refractivity contribution is 9.08. The molecule has 104 valence electrons. The van der Waals surface area contributed by atoms with E-state index >= 15 is 0 Å². The fourth-order valence-electron chi connectivity index (χ4n) is 2.07. The van der Waals surface area contributed by atoms with Crippen LogP contribution in [0.5, 0.6) is 0 Å². The van der Waals surface area contributed by atoms with Crippen molar-refractivity contribution in [1.82, 2.24) is 0 Å². The molecule has 4 heteroatoms. The molecule has 2 aromatic rings. The molecule has 0 fully saturated rings. The van der Waals surface area contributed by atoms with Gasteiger partial charge in [0.1, 0.15) is 0 Å². The van der Waals surface area contributed by atoms with E-state index in [0.29, 0.717) is 5.56 Å². The summed E-state index contributed by atoms with van der Waals surface area (Å²) < 4.78 is 0. The third-order valence-corrected chi connectivity index (χ3v) is 3.70. The second-order valence-corrected chi connectivity index (χ2v) is 4.93. The molecule has 3 nitrogen and oxygen atoms in total. The summed E-state index contributed by atoms with van der Waals surface area (Å²) in [5.41, 5.74) is 4.38. The van der Waals surface area contributed by atoms with Crippen LogP contribution >= 0.6 is 15.9 Å². The zero-order valence-corrected chi connectivity index (χ0v) is 12.9. The van der Waals surface area contributed by atoms with Gasteiger partial charge in [-0.25, -0.2) is 4.79 Å². The van der Waals surface area contributed by atoms with Crippen LogP contribution < -0.4 is 0 Å². The molecular formula is C16H15BrO3. The van der Waals surface area contributed by atoms with Crippen molar-refractivity contribution in [2.24, 2.45) is 0 Å². The van der Waals surface area contributed by atoms with Crippen LogP contribution in [-0.4, -0.2) is 13.1 Å². The smallest absolute Gasteiger partial charge is 0.293 e. The Hall–Kier alpha value is -1.65. The summed E-state index contributed by atoms with van der Waals surface area (Å²) in [6.07, 6.45) is 0. The van der Waals surface area contributed by atoms with Crippen LogP contribution in [0.25, 0.3) is 11.1 Å². The summed E-state index contributed by atoms with van der Waals surface area (Å²) in [5.74, 6) is -0.481. The van der Waals surface area contributed by atoms with Crippen molar-refractivity contribution in [3.8, 4) is 11.1 Å². The van der Waals surface area contributed by atoms with Crippen LogP contribution in [0.3, 0.4) is 0 Å². The fourth-order valence-corrected chi connectivity index (χ4v) is 2.44. The van der Waals surface area contributed by atoms with E-state index in [9.17, 15) is 4.79 Å². The molecule has 20 heavy (non-hydrogen) atoms. The topological polar surface area (TPSA) is 35.5 Å². The quantitative estimate of drug-likeness (QED) is 0.475. The minimum Gasteiger partial charge on any atom is -0.293 e. The van der Waals surface area contributed by atoms with E-state index in [1.165, 1.54) is 12.7 Å². The lowest BCUT2D eigenvalue weighted by molar-refractivity contribution is -0.216. The molecule has 0 aliphatic heterocycles. The summed E-state index contributed by atoms with van der Waals surface area (Å²) in [7, 11) is 1.32. The first-order valence-electron chi connectivity index (χ1n) is 6.17. The Bertz CT molecular complexity index is 606. The molecule has 0 saturated heterocycles. The van der Waals surface area contributed by atoms with E-state index in [4.69, 9.17) is 0 Å². The van der Waals surface area contributed by atoms with Gasteiger partial charge in [-0.05, 0) is 29.2 Å². The van der Waals surface area contributed by atoms with Gasteiger partial charge in [-0.15, -0.1) is 0 Å². The Morgan fingerprint density at radius 2 is 1.85 bits per heavy atom. The first-order valence-corrected chi connectivity index (χ1v) is 7.29. The molecule has 0 unspecified atom stereocenters. The summed E-state index contributed by atoms with van der Waals surface area (Å²) >= 11 is 3.42. The number of halogens is 1. The molecule has 2 rings (SSSR count). The van der Waals surface area contributed by atoms with Gasteiger partial charge in [0, 0.05) is 5.33 Å². The van der Waals surface area contributed by atoms with Crippen molar-refractivity contribution in [3.63, 3.8) is 0 Å². The molecule has 0 heterocycles. The van der Waals surface area contributed by atoms with E-state index < -0.39 is 5.97 Å². The van der Waals surface area contributed by atoms with E-state index in [-0.39, 0.29) is 0 Å². The molecule has 0 N–H and O–H groups in total. The zero-order valence-electron chi connectivity index (χ0n) is 11.4. The van der Waals surface area contributed by atoms with Crippen molar-refractivity contribution in [2.45, 2.75) is 12.3 Å². The average Bonchev–Trinajstić information content (AvgIpc) is 2.47. The van der Waals surface area contributed by atoms with Gasteiger partial charge in [0.25, 0.3) is 0 Å². The standard InChI is InChI=1S/C16H15BrO3/c1-11-4-3-5-14(15(11)16(18)20-19-2)13-8-6-12(10-17)7-9-13/h3-9H,10H2,1-2H3. The summed E-state index contributed by atoms with van der Waals surface area (Å²) in [6, 6.07) is 13.7. The van der Waals surface area contributed by atoms with Gasteiger partial charge >= 0.3 is 5.97 Å². The molecule has 0 saturated carbocycles. The molecule has 0 aliphatic rings. The number of alkyl halides is 1. The Labute approximate surface area is 126 Å². The number of aryl methyl sites for hydroxylation is 1. The summed E-state index contributed by atoms with van der Waals surface area (Å²) in [6.45, 7) is 1.88. The maximum atomic E-state index is 12.0. The average molecular weight is 335 g/mol. The molecule has 2 aromatic carbocycles. The van der Waals surface area contributed by atoms with E-state index in [0.717, 1.165) is 22.0 Å². The number of carbonyl (C=O) groups is 1. The van der Waals surface area contributed by atoms with Crippen LogP contribution in [0.2, 0.25) is 0 Å². The highest BCUT2D eigenvalue weighted by Gasteiger charge is 2.17. The molecule has 0 aliphatic carbocycles. The second-order valence-electron chi connectivity index (χ2n) is 4.37. The summed E-state index contributed by atoms with van der Waals surface area (Å²) in [4.78, 5) is 21.2. The molecule has 0 atom stereocenters. The largest absolute Gasteiger partial charge is 0.373 e. The first-order chi connectivity index (χ1) is 9.67. The van der Waals surface area contributed by atoms with E-state index in [1.807, 2.05) is 49.4 Å². The van der Waals surface area contributed by atoms with Gasteiger partial charge in [0.2, 0.25) is 0 Å². The van der Waals surface area contributed by atoms with Crippen LogP contribution in [0.4, 0.5) is 0 Å². The zero-order chi connectivity index (χ0) is 14.5. The van der Waals surface area contributed by atoms with Crippen LogP contribution in [0, 0.1) is 6.92 Å². The monoisotopic (exact) mass is 334 g/mol. The minimum atomic E-state index is -0.481. The van der Waals surface area contributed by atoms with Crippen LogP contribution in [-0.2, 0) is 15.1 Å². The number of hydrogen-bond donors (Lipinski definition) is 0. The van der Waals surface area contributed by atoms with Gasteiger partial charge in [-0.1, -0.05) is 58.4 Å². The van der Waals surface area contributed by atoms with Gasteiger partial charge in [-0.3, -0.25) is 4.89 Å². The Morgan fingerprint density at radius 3 is 2.45 bits per heavy atom. The highest BCUT2D eigenvalue weighted by atomic mass is 79.9. The van der Waals surface area contributed by atoms with Gasteiger partial charge in [-0.2, -0.15) is 4.89 Å². The SMILES string of the molecule is COOC(=O)c1c(C)cccc1-c1ccc(CBr)cc1. The van der Waals surface area contributed by atoms with Gasteiger partial charge < -0.3 is 0 Å². The lowest BCUT2D eigenvalue weighted by Crippen LogP contribution is -2.08. The van der Waals surface area contributed by atoms with Crippen molar-refractivity contribution < 1.29 is 14.6 Å². The number of rotatable bonds is 4. The predicted molar refractivity (Wildman–Crippen MR) is 81.7 cm³/mol. The third kappa shape index (κ3) is 3.08. The van der Waals surface area contributed by atoms with Gasteiger partial charge in [0.05, 0.1) is 12.7 Å². The number of hydrogen-bond acceptors (Lipinski definition) is 3. The Kier molecular flexibility index (Phi) is 4.93. The Morgan fingerprint density at radius 1 is 1.15 bits per heavy atom. The molecule has 0 spiro atoms. The van der Waals surface area contributed by atoms with Crippen molar-refractivity contribution in [2.75, 3.05) is 7.11 Å². The fraction of sp³-hybridized carbons (Fsp3) is 0.188. The van der Waals surface area contributed by atoms with Crippen LogP contribution in [0.1, 0.15) is 21.5 Å². The summed E-state index contributed by atoms with van der Waals surface area (Å²) in [5, 5.41) is 0.805. The minimum absolute atomic E-state index is 0.481. The van der Waals surface area contributed by atoms with Gasteiger partial charge in [0.15, 0.2) is 0 Å². The lowest BCUT2D eigenvalue weighted by atomic mass is 9.95. The maximum Gasteiger partial charge on any atom is 0.373 e. The predicted octanol–water partition coefficient (Wildman–Crippen LogP) is 4.28. The van der Waals surface area contributed by atoms with E-state index in [2.05, 4.69) is 25.7 Å². The third-order valence-electron chi connectivity index (χ3n) is 3.06. The van der Waals surface area contributed by atoms with Crippen LogP contribution in [0.15, 0.2) is 42.5 Å². The lowest BCUT2D eigenvalue weighted by Gasteiger charge is -2.11. The Balaban J connectivity index is 2.49. The first kappa shape index (κ1) is 14.8. The highest BCUT2D eigenvalue weighted by Crippen LogP contribution is 2.27. The van der Waals surface area contributed by atoms with Crippen molar-refractivity contribution in [1.29, 1.82) is 0 Å². The molecule has 0 aromatic heterocycles. The molecule has 0 radical (unpaired) electrons. The number of benzene rings is 2. The van der Waals surface area contributed by atoms with Crippen molar-refractivity contribution in [3.05, 3.63) is 59.2 Å². The molecule has 0 bridgehead atoms. The van der Waals surface area contributed by atoms with E-state index in [1.54, 1.807) is 0 Å². The molecule has 0 amide bonds. The van der Waals surface area contributed by atoms with Crippen molar-refractivity contribution >= 4 is 21.9 Å². The molecular weight excluding hydrogens is 320 g/mol. The maximum absolute atomic E-state index is 12.0.